The fraction of sp³-hybridized carbons (Fsp3) is 0.214. The molecule has 0 saturated heterocycles. The van der Waals surface area contributed by atoms with E-state index in [1.165, 1.54) is 28.4 Å². The molecule has 8 nitrogen and oxygen atoms in total. The lowest BCUT2D eigenvalue weighted by atomic mass is 10.3. The maximum absolute atomic E-state index is 11.7. The molecule has 1 aromatic carbocycles. The summed E-state index contributed by atoms with van der Waals surface area (Å²) in [5.74, 6) is -0.631. The maximum atomic E-state index is 11.7. The summed E-state index contributed by atoms with van der Waals surface area (Å²) in [5, 5.41) is 11.3. The Morgan fingerprint density at radius 1 is 1.39 bits per heavy atom. The van der Waals surface area contributed by atoms with Crippen LogP contribution in [-0.2, 0) is 22.7 Å². The van der Waals surface area contributed by atoms with Crippen molar-refractivity contribution in [1.82, 2.24) is 14.5 Å². The highest BCUT2D eigenvalue weighted by Crippen LogP contribution is 2.22. The van der Waals surface area contributed by atoms with E-state index in [0.29, 0.717) is 0 Å². The third-order valence-corrected chi connectivity index (χ3v) is 4.09. The Hall–Kier alpha value is -2.81. The number of imidazole rings is 1. The zero-order valence-electron chi connectivity index (χ0n) is 11.9. The standard InChI is InChI=1S/C14H12N4O4S/c19-14(5-6-17-7-12(15-9-17)18(20)21)22-8-13-16-10-3-1-2-4-11(10)23-13/h1-4,7,9H,5-6,8H2. The predicted molar refractivity (Wildman–Crippen MR) is 82.9 cm³/mol. The summed E-state index contributed by atoms with van der Waals surface area (Å²) in [5.41, 5.74) is 0.884. The zero-order valence-corrected chi connectivity index (χ0v) is 12.7. The minimum absolute atomic E-state index is 0.110. The van der Waals surface area contributed by atoms with Gasteiger partial charge in [-0.3, -0.25) is 4.79 Å². The maximum Gasteiger partial charge on any atom is 0.381 e. The molecule has 0 radical (unpaired) electrons. The molecule has 23 heavy (non-hydrogen) atoms. The molecule has 0 spiro atoms. The van der Waals surface area contributed by atoms with Crippen LogP contribution in [0.2, 0.25) is 0 Å². The number of ether oxygens (including phenoxy) is 1. The van der Waals surface area contributed by atoms with Gasteiger partial charge in [0.25, 0.3) is 0 Å². The predicted octanol–water partition coefficient (Wildman–Crippen LogP) is 2.53. The molecule has 0 aliphatic carbocycles. The second-order valence-corrected chi connectivity index (χ2v) is 5.83. The number of nitro groups is 1. The molecular formula is C14H12N4O4S. The van der Waals surface area contributed by atoms with Crippen LogP contribution >= 0.6 is 11.3 Å². The molecule has 0 aliphatic heterocycles. The van der Waals surface area contributed by atoms with Crippen molar-refractivity contribution in [3.05, 3.63) is 51.9 Å². The van der Waals surface area contributed by atoms with Gasteiger partial charge >= 0.3 is 11.8 Å². The van der Waals surface area contributed by atoms with Crippen molar-refractivity contribution in [2.75, 3.05) is 0 Å². The molecule has 2 heterocycles. The smallest absolute Gasteiger partial charge is 0.381 e. The van der Waals surface area contributed by atoms with E-state index in [4.69, 9.17) is 4.74 Å². The van der Waals surface area contributed by atoms with Crippen molar-refractivity contribution in [3.63, 3.8) is 0 Å². The van der Waals surface area contributed by atoms with Gasteiger partial charge in [-0.15, -0.1) is 11.3 Å². The van der Waals surface area contributed by atoms with Crippen LogP contribution in [0.1, 0.15) is 11.4 Å². The number of aromatic nitrogens is 3. The second-order valence-electron chi connectivity index (χ2n) is 4.71. The van der Waals surface area contributed by atoms with Crippen molar-refractivity contribution in [1.29, 1.82) is 0 Å². The molecule has 3 rings (SSSR count). The summed E-state index contributed by atoms with van der Waals surface area (Å²) in [6.45, 7) is 0.405. The highest BCUT2D eigenvalue weighted by molar-refractivity contribution is 7.18. The Balaban J connectivity index is 1.50. The first-order valence-corrected chi connectivity index (χ1v) is 7.60. The van der Waals surface area contributed by atoms with Gasteiger partial charge in [-0.2, -0.15) is 0 Å². The van der Waals surface area contributed by atoms with Crippen molar-refractivity contribution in [3.8, 4) is 0 Å². The number of carbonyl (C=O) groups is 1. The molecule has 2 aromatic heterocycles. The molecule has 118 valence electrons. The molecule has 3 aromatic rings. The average molecular weight is 332 g/mol. The first kappa shape index (κ1) is 15.1. The fourth-order valence-electron chi connectivity index (χ4n) is 1.98. The van der Waals surface area contributed by atoms with Gasteiger partial charge in [-0.25, -0.2) is 4.98 Å². The van der Waals surface area contributed by atoms with Gasteiger partial charge in [0, 0.05) is 6.54 Å². The molecule has 0 fully saturated rings. The summed E-state index contributed by atoms with van der Waals surface area (Å²) in [7, 11) is 0. The summed E-state index contributed by atoms with van der Waals surface area (Å²) in [6.07, 6.45) is 2.71. The van der Waals surface area contributed by atoms with Crippen LogP contribution in [0.3, 0.4) is 0 Å². The van der Waals surface area contributed by atoms with Gasteiger partial charge in [0.15, 0.2) is 0 Å². The summed E-state index contributed by atoms with van der Waals surface area (Å²) < 4.78 is 7.70. The van der Waals surface area contributed by atoms with Gasteiger partial charge in [0.2, 0.25) is 6.33 Å². The highest BCUT2D eigenvalue weighted by atomic mass is 32.1. The van der Waals surface area contributed by atoms with Crippen LogP contribution in [0.25, 0.3) is 10.2 Å². The molecule has 0 aliphatic rings. The van der Waals surface area contributed by atoms with E-state index in [1.807, 2.05) is 24.3 Å². The topological polar surface area (TPSA) is 100 Å². The van der Waals surface area contributed by atoms with E-state index in [1.54, 1.807) is 0 Å². The lowest BCUT2D eigenvalue weighted by Crippen LogP contribution is -2.08. The first-order chi connectivity index (χ1) is 11.1. The van der Waals surface area contributed by atoms with E-state index >= 15 is 0 Å². The number of nitrogens with zero attached hydrogens (tertiary/aromatic N) is 4. The van der Waals surface area contributed by atoms with Gasteiger partial charge < -0.3 is 19.4 Å². The summed E-state index contributed by atoms with van der Waals surface area (Å²) in [4.78, 5) is 29.7. The van der Waals surface area contributed by atoms with Crippen LogP contribution < -0.4 is 0 Å². The number of fused-ring (bicyclic) bond motifs is 1. The summed E-state index contributed by atoms with van der Waals surface area (Å²) in [6, 6.07) is 7.70. The number of esters is 1. The third-order valence-electron chi connectivity index (χ3n) is 3.08. The lowest BCUT2D eigenvalue weighted by Gasteiger charge is -2.02. The molecule has 0 unspecified atom stereocenters. The number of carbonyl (C=O) groups excluding carboxylic acids is 1. The Morgan fingerprint density at radius 2 is 2.22 bits per heavy atom. The monoisotopic (exact) mass is 332 g/mol. The van der Waals surface area contributed by atoms with Gasteiger partial charge in [-0.05, 0) is 22.0 Å². The number of para-hydroxylation sites is 1. The Kier molecular flexibility index (Phi) is 4.29. The quantitative estimate of drug-likeness (QED) is 0.390. The molecule has 9 heteroatoms. The number of aryl methyl sites for hydroxylation is 1. The Bertz CT molecular complexity index is 824. The van der Waals surface area contributed by atoms with Gasteiger partial charge in [-0.1, -0.05) is 12.1 Å². The fourth-order valence-corrected chi connectivity index (χ4v) is 2.86. The number of hydrogen-bond acceptors (Lipinski definition) is 7. The van der Waals surface area contributed by atoms with Crippen molar-refractivity contribution in [2.24, 2.45) is 0 Å². The highest BCUT2D eigenvalue weighted by Gasteiger charge is 2.12. The first-order valence-electron chi connectivity index (χ1n) is 6.78. The Morgan fingerprint density at radius 3 is 2.96 bits per heavy atom. The molecule has 0 bridgehead atoms. The SMILES string of the molecule is O=C(CCn1cnc([N+](=O)[O-])c1)OCc1nc2ccccc2s1. The molecular weight excluding hydrogens is 320 g/mol. The lowest BCUT2D eigenvalue weighted by molar-refractivity contribution is -0.389. The van der Waals surface area contributed by atoms with E-state index in [0.717, 1.165) is 15.2 Å². The average Bonchev–Trinajstić information content (AvgIpc) is 3.17. The van der Waals surface area contributed by atoms with Crippen LogP contribution in [0.4, 0.5) is 5.82 Å². The van der Waals surface area contributed by atoms with Crippen LogP contribution in [-0.4, -0.2) is 25.4 Å². The molecule has 0 N–H and O–H groups in total. The van der Waals surface area contributed by atoms with Crippen molar-refractivity contribution >= 4 is 33.3 Å². The molecule has 0 saturated carbocycles. The number of benzene rings is 1. The van der Waals surface area contributed by atoms with E-state index in [2.05, 4.69) is 9.97 Å². The minimum atomic E-state index is -0.581. The van der Waals surface area contributed by atoms with E-state index in [-0.39, 0.29) is 31.4 Å². The number of hydrogen-bond donors (Lipinski definition) is 0. The van der Waals surface area contributed by atoms with Crippen molar-refractivity contribution < 1.29 is 14.5 Å². The molecule has 0 atom stereocenters. The van der Waals surface area contributed by atoms with Crippen LogP contribution in [0.15, 0.2) is 36.8 Å². The number of rotatable bonds is 6. The second kappa shape index (κ2) is 6.53. The molecule has 0 amide bonds. The zero-order chi connectivity index (χ0) is 16.2. The van der Waals surface area contributed by atoms with Crippen LogP contribution in [0.5, 0.6) is 0 Å². The van der Waals surface area contributed by atoms with Crippen LogP contribution in [0, 0.1) is 10.1 Å². The Labute approximate surface area is 134 Å². The largest absolute Gasteiger partial charge is 0.458 e. The minimum Gasteiger partial charge on any atom is -0.458 e. The normalized spacial score (nSPS) is 10.8. The number of thiazole rings is 1. The van der Waals surface area contributed by atoms with E-state index < -0.39 is 4.92 Å². The third kappa shape index (κ3) is 3.69. The van der Waals surface area contributed by atoms with E-state index in [9.17, 15) is 14.9 Å². The summed E-state index contributed by atoms with van der Waals surface area (Å²) >= 11 is 1.48. The van der Waals surface area contributed by atoms with Gasteiger partial charge in [0.05, 0.1) is 16.6 Å². The van der Waals surface area contributed by atoms with Gasteiger partial charge in [0.1, 0.15) is 17.8 Å². The van der Waals surface area contributed by atoms with Crippen molar-refractivity contribution in [2.45, 2.75) is 19.6 Å².